The number of amides is 1. The fraction of sp³-hybridized carbons (Fsp3) is 0.848. The Morgan fingerprint density at radius 2 is 1.69 bits per heavy atom. The molecule has 5 rings (SSSR count). The van der Waals surface area contributed by atoms with Crippen molar-refractivity contribution in [2.45, 2.75) is 119 Å². The number of terminal acetylenes is 1. The normalized spacial score (nSPS) is 48.7. The Bertz CT molecular complexity index is 1000. The molecule has 4 saturated carbocycles. The topological polar surface area (TPSA) is 49.3 Å². The van der Waals surface area contributed by atoms with Gasteiger partial charge in [0.05, 0.1) is 18.1 Å². The van der Waals surface area contributed by atoms with Gasteiger partial charge in [-0.1, -0.05) is 66.0 Å². The van der Waals surface area contributed by atoms with E-state index in [-0.39, 0.29) is 44.5 Å². The summed E-state index contributed by atoms with van der Waals surface area (Å²) in [5.74, 6) is 4.34. The van der Waals surface area contributed by atoms with Gasteiger partial charge in [0.2, 0.25) is 5.91 Å². The molecule has 0 aromatic rings. The summed E-state index contributed by atoms with van der Waals surface area (Å²) in [6, 6.07) is 0. The van der Waals surface area contributed by atoms with Crippen molar-refractivity contribution in [2.24, 2.45) is 50.2 Å². The summed E-state index contributed by atoms with van der Waals surface area (Å²) < 4.78 is 0. The number of allylic oxidation sites excluding steroid dienone is 2. The number of carbonyl (C=O) groups excluding carboxylic acids is 1. The second-order valence-corrected chi connectivity index (χ2v) is 15.6. The van der Waals surface area contributed by atoms with Crippen molar-refractivity contribution in [3.63, 3.8) is 0 Å². The van der Waals surface area contributed by atoms with Crippen LogP contribution >= 0.6 is 0 Å². The molecule has 0 aromatic heterocycles. The van der Waals surface area contributed by atoms with Gasteiger partial charge in [-0.25, -0.2) is 0 Å². The highest BCUT2D eigenvalue weighted by molar-refractivity contribution is 5.84. The Balaban J connectivity index is 1.58. The van der Waals surface area contributed by atoms with Crippen molar-refractivity contribution >= 4 is 5.91 Å². The number of hydrogen-bond acceptors (Lipinski definition) is 2. The van der Waals surface area contributed by atoms with Crippen molar-refractivity contribution in [1.29, 1.82) is 0 Å². The zero-order valence-electron chi connectivity index (χ0n) is 24.1. The Labute approximate surface area is 220 Å². The van der Waals surface area contributed by atoms with E-state index in [4.69, 9.17) is 6.42 Å². The molecule has 200 valence electrons. The van der Waals surface area contributed by atoms with E-state index >= 15 is 0 Å². The van der Waals surface area contributed by atoms with Gasteiger partial charge >= 0.3 is 0 Å². The molecule has 1 amide bonds. The molecule has 0 aromatic carbocycles. The average Bonchev–Trinajstić information content (AvgIpc) is 2.80. The molecule has 0 heterocycles. The van der Waals surface area contributed by atoms with E-state index in [1.54, 1.807) is 5.57 Å². The summed E-state index contributed by atoms with van der Waals surface area (Å²) in [5.41, 5.74) is 2.13. The van der Waals surface area contributed by atoms with Crippen LogP contribution in [0.25, 0.3) is 0 Å². The van der Waals surface area contributed by atoms with Gasteiger partial charge in [0.1, 0.15) is 0 Å². The Morgan fingerprint density at radius 1 is 1.00 bits per heavy atom. The molecule has 0 spiro atoms. The van der Waals surface area contributed by atoms with Crippen molar-refractivity contribution in [2.75, 3.05) is 6.54 Å². The number of hydrogen-bond donors (Lipinski definition) is 2. The van der Waals surface area contributed by atoms with E-state index in [1.807, 2.05) is 0 Å². The zero-order chi connectivity index (χ0) is 26.4. The SMILES string of the molecule is C#CCNC(=O)[C@]12CCC(C)(C)CC1C1=CC[C@@H]3C4(C)CC[C@H](O)C(C)(C)[C@@H]4CC[C@@]3(C)[C@]1(C)CC2. The van der Waals surface area contributed by atoms with E-state index < -0.39 is 0 Å². The maximum absolute atomic E-state index is 13.7. The van der Waals surface area contributed by atoms with E-state index in [9.17, 15) is 9.90 Å². The second-order valence-electron chi connectivity index (χ2n) is 15.6. The number of nitrogens with one attached hydrogen (secondary N) is 1. The van der Waals surface area contributed by atoms with E-state index in [2.05, 4.69) is 65.8 Å². The molecule has 5 aliphatic rings. The predicted octanol–water partition coefficient (Wildman–Crippen LogP) is 6.90. The van der Waals surface area contributed by atoms with Gasteiger partial charge in [-0.3, -0.25) is 4.79 Å². The van der Waals surface area contributed by atoms with E-state index in [0.717, 1.165) is 51.4 Å². The molecule has 4 fully saturated rings. The molecule has 0 radical (unpaired) electrons. The summed E-state index contributed by atoms with van der Waals surface area (Å²) in [6.07, 6.45) is 18.8. The molecular formula is C33H51NO2. The van der Waals surface area contributed by atoms with Gasteiger partial charge in [-0.2, -0.15) is 0 Å². The van der Waals surface area contributed by atoms with Crippen LogP contribution in [-0.2, 0) is 4.79 Å². The minimum absolute atomic E-state index is 0.0244. The summed E-state index contributed by atoms with van der Waals surface area (Å²) in [4.78, 5) is 13.7. The smallest absolute Gasteiger partial charge is 0.227 e. The fourth-order valence-corrected chi connectivity index (χ4v) is 10.9. The highest BCUT2D eigenvalue weighted by Gasteiger charge is 2.69. The molecule has 2 unspecified atom stereocenters. The predicted molar refractivity (Wildman–Crippen MR) is 147 cm³/mol. The first kappa shape index (κ1) is 26.3. The molecule has 0 saturated heterocycles. The molecule has 0 bridgehead atoms. The lowest BCUT2D eigenvalue weighted by molar-refractivity contribution is -0.203. The van der Waals surface area contributed by atoms with Crippen LogP contribution in [-0.4, -0.2) is 23.7 Å². The Kier molecular flexibility index (Phi) is 5.94. The number of rotatable bonds is 2. The first-order valence-electron chi connectivity index (χ1n) is 14.8. The molecule has 5 aliphatic carbocycles. The lowest BCUT2D eigenvalue weighted by Crippen LogP contribution is -2.65. The molecule has 2 N–H and O–H groups in total. The van der Waals surface area contributed by atoms with Crippen LogP contribution in [0.4, 0.5) is 0 Å². The number of carbonyl (C=O) groups is 1. The minimum atomic E-state index is -0.307. The first-order valence-corrected chi connectivity index (χ1v) is 14.8. The van der Waals surface area contributed by atoms with Crippen molar-refractivity contribution < 1.29 is 9.90 Å². The molecule has 3 nitrogen and oxygen atoms in total. The van der Waals surface area contributed by atoms with Gasteiger partial charge in [0.15, 0.2) is 0 Å². The van der Waals surface area contributed by atoms with Gasteiger partial charge in [0.25, 0.3) is 0 Å². The molecule has 36 heavy (non-hydrogen) atoms. The third-order valence-corrected chi connectivity index (χ3v) is 13.4. The van der Waals surface area contributed by atoms with Crippen LogP contribution < -0.4 is 5.32 Å². The highest BCUT2D eigenvalue weighted by Crippen LogP contribution is 2.75. The summed E-state index contributed by atoms with van der Waals surface area (Å²) in [7, 11) is 0. The van der Waals surface area contributed by atoms with Crippen molar-refractivity contribution in [3.8, 4) is 12.3 Å². The molecule has 0 aliphatic heterocycles. The van der Waals surface area contributed by atoms with Crippen LogP contribution in [0.15, 0.2) is 11.6 Å². The van der Waals surface area contributed by atoms with Crippen LogP contribution in [0.2, 0.25) is 0 Å². The van der Waals surface area contributed by atoms with Gasteiger partial charge in [-0.15, -0.1) is 6.42 Å². The van der Waals surface area contributed by atoms with Gasteiger partial charge in [-0.05, 0) is 109 Å². The Hall–Kier alpha value is -1.27. The number of aliphatic hydroxyl groups excluding tert-OH is 1. The second kappa shape index (κ2) is 8.11. The third kappa shape index (κ3) is 3.31. The van der Waals surface area contributed by atoms with Crippen LogP contribution in [0.3, 0.4) is 0 Å². The zero-order valence-corrected chi connectivity index (χ0v) is 24.1. The maximum atomic E-state index is 13.7. The van der Waals surface area contributed by atoms with E-state index in [1.165, 1.54) is 12.8 Å². The van der Waals surface area contributed by atoms with Gasteiger partial charge in [0, 0.05) is 0 Å². The fourth-order valence-electron chi connectivity index (χ4n) is 10.9. The lowest BCUT2D eigenvalue weighted by atomic mass is 9.33. The van der Waals surface area contributed by atoms with Crippen molar-refractivity contribution in [1.82, 2.24) is 5.32 Å². The molecular weight excluding hydrogens is 442 g/mol. The largest absolute Gasteiger partial charge is 0.393 e. The molecule has 3 heteroatoms. The molecule has 8 atom stereocenters. The lowest BCUT2D eigenvalue weighted by Gasteiger charge is -2.71. The van der Waals surface area contributed by atoms with Crippen LogP contribution in [0.5, 0.6) is 0 Å². The summed E-state index contributed by atoms with van der Waals surface area (Å²) >= 11 is 0. The number of fused-ring (bicyclic) bond motifs is 7. The monoisotopic (exact) mass is 493 g/mol. The van der Waals surface area contributed by atoms with Crippen LogP contribution in [0, 0.1) is 62.6 Å². The third-order valence-electron chi connectivity index (χ3n) is 13.4. The summed E-state index contributed by atoms with van der Waals surface area (Å²) in [6.45, 7) is 17.5. The van der Waals surface area contributed by atoms with Crippen LogP contribution in [0.1, 0.15) is 113 Å². The van der Waals surface area contributed by atoms with E-state index in [0.29, 0.717) is 24.3 Å². The Morgan fingerprint density at radius 3 is 2.39 bits per heavy atom. The minimum Gasteiger partial charge on any atom is -0.393 e. The number of aliphatic hydroxyl groups is 1. The maximum Gasteiger partial charge on any atom is 0.227 e. The first-order chi connectivity index (χ1) is 16.7. The highest BCUT2D eigenvalue weighted by atomic mass is 16.3. The van der Waals surface area contributed by atoms with Crippen molar-refractivity contribution in [3.05, 3.63) is 11.6 Å². The standard InChI is InChI=1S/C33H51NO2/c1-9-20-34-27(36)33-18-16-28(2,3)21-23(33)22-10-11-25-30(6)14-13-26(35)29(4,5)24(30)12-15-32(25,8)31(22,7)17-19-33/h1,10,23-26,35H,11-21H2,2-8H3,(H,34,36)/t23?,24-,25+,26-,30?,31+,32+,33-/m0/s1. The average molecular weight is 494 g/mol. The van der Waals surface area contributed by atoms with Gasteiger partial charge < -0.3 is 10.4 Å². The summed E-state index contributed by atoms with van der Waals surface area (Å²) in [5, 5.41) is 14.1. The quantitative estimate of drug-likeness (QED) is 0.325.